The molecule has 0 radical (unpaired) electrons. The lowest BCUT2D eigenvalue weighted by atomic mass is 9.34. The highest BCUT2D eigenvalue weighted by molar-refractivity contribution is 8.34. The van der Waals surface area contributed by atoms with Crippen LogP contribution in [0.2, 0.25) is 0 Å². The third-order valence-electron chi connectivity index (χ3n) is 15.7. The molecule has 3 heterocycles. The molecule has 74 heavy (non-hydrogen) atoms. The summed E-state index contributed by atoms with van der Waals surface area (Å²) in [5, 5.41) is 2.49. The van der Waals surface area contributed by atoms with Crippen molar-refractivity contribution in [1.82, 2.24) is 4.57 Å². The summed E-state index contributed by atoms with van der Waals surface area (Å²) < 4.78 is 2.50. The minimum Gasteiger partial charge on any atom is -0.311 e. The van der Waals surface area contributed by atoms with Crippen LogP contribution in [0.4, 0.5) is 17.1 Å². The number of hydrogen-bond acceptors (Lipinski definition) is 1. The third-order valence-corrected chi connectivity index (χ3v) is 19.6. The molecule has 2 aliphatic rings. The van der Waals surface area contributed by atoms with Crippen LogP contribution < -0.4 is 21.3 Å². The van der Waals surface area contributed by atoms with E-state index in [2.05, 4.69) is 297 Å². The molecule has 14 rings (SSSR count). The highest BCUT2D eigenvalue weighted by Crippen LogP contribution is 2.74. The van der Waals surface area contributed by atoms with Gasteiger partial charge in [0.15, 0.2) is 0 Å². The van der Waals surface area contributed by atoms with Gasteiger partial charge in [0.05, 0.1) is 11.0 Å². The van der Waals surface area contributed by atoms with Crippen LogP contribution in [-0.2, 0) is 5.41 Å². The number of nitrogens with zero attached hydrogens (tertiary/aromatic N) is 2. The highest BCUT2D eigenvalue weighted by Gasteiger charge is 2.49. The van der Waals surface area contributed by atoms with Gasteiger partial charge in [-0.15, -0.1) is 10.0 Å². The molecule has 0 aliphatic carbocycles. The molecule has 2 nitrogen and oxygen atoms in total. The van der Waals surface area contributed by atoms with E-state index in [0.717, 1.165) is 11.4 Å². The van der Waals surface area contributed by atoms with E-state index in [1.54, 1.807) is 0 Å². The fourth-order valence-electron chi connectivity index (χ4n) is 12.2. The van der Waals surface area contributed by atoms with E-state index in [4.69, 9.17) is 0 Å². The molecule has 12 aromatic rings. The Kier molecular flexibility index (Phi) is 10.3. The number of fused-ring (bicyclic) bond motifs is 7. The van der Waals surface area contributed by atoms with E-state index in [-0.39, 0.29) is 12.1 Å². The van der Waals surface area contributed by atoms with Gasteiger partial charge in [-0.3, -0.25) is 0 Å². The Balaban J connectivity index is 1.09. The van der Waals surface area contributed by atoms with Gasteiger partial charge in [-0.25, -0.2) is 0 Å². The van der Waals surface area contributed by atoms with Crippen molar-refractivity contribution in [3.63, 3.8) is 0 Å². The SMILES string of the molecule is CC(C)(C)c1ccc(-c2cc3c4c(c2)S(c2ccccc2)(c2ccccc2)c2ccccc2B4c2cc(-n4c5ccccc5c5cc(-c6ccccc6)ccc54)ccc2N3c2ccc(-c3ccccc3)cc2)cc1. The molecule has 0 amide bonds. The molecule has 11 aromatic carbocycles. The molecule has 0 bridgehead atoms. The Morgan fingerprint density at radius 3 is 1.55 bits per heavy atom. The molecule has 0 atom stereocenters. The molecule has 0 N–H and O–H groups in total. The molecular formula is C70H53BN2S. The average Bonchev–Trinajstić information content (AvgIpc) is 3.81. The summed E-state index contributed by atoms with van der Waals surface area (Å²) in [7, 11) is -2.09. The Morgan fingerprint density at radius 1 is 0.351 bits per heavy atom. The Hall–Kier alpha value is -8.57. The van der Waals surface area contributed by atoms with Crippen molar-refractivity contribution in [2.24, 2.45) is 0 Å². The van der Waals surface area contributed by atoms with Crippen LogP contribution >= 0.6 is 10.0 Å². The molecule has 1 aromatic heterocycles. The molecule has 352 valence electrons. The van der Waals surface area contributed by atoms with Crippen LogP contribution in [0.1, 0.15) is 26.3 Å². The molecular weight excluding hydrogens is 912 g/mol. The van der Waals surface area contributed by atoms with Gasteiger partial charge in [-0.1, -0.05) is 202 Å². The highest BCUT2D eigenvalue weighted by atomic mass is 32.3. The van der Waals surface area contributed by atoms with E-state index >= 15 is 0 Å². The first-order valence-corrected chi connectivity index (χ1v) is 27.5. The van der Waals surface area contributed by atoms with Gasteiger partial charge in [0.25, 0.3) is 0 Å². The average molecular weight is 965 g/mol. The first kappa shape index (κ1) is 44.2. The number of para-hydroxylation sites is 1. The van der Waals surface area contributed by atoms with Gasteiger partial charge in [0, 0.05) is 48.2 Å². The smallest absolute Gasteiger partial charge is 0.249 e. The number of rotatable bonds is 7. The summed E-state index contributed by atoms with van der Waals surface area (Å²) in [5.74, 6) is 0. The van der Waals surface area contributed by atoms with Gasteiger partial charge in [0.2, 0.25) is 6.71 Å². The van der Waals surface area contributed by atoms with Crippen molar-refractivity contribution in [3.05, 3.63) is 272 Å². The summed E-state index contributed by atoms with van der Waals surface area (Å²) >= 11 is 0. The van der Waals surface area contributed by atoms with E-state index < -0.39 is 10.0 Å². The third kappa shape index (κ3) is 6.89. The van der Waals surface area contributed by atoms with Crippen LogP contribution in [0.25, 0.3) is 60.9 Å². The predicted octanol–water partition coefficient (Wildman–Crippen LogP) is 17.0. The maximum absolute atomic E-state index is 2.59. The zero-order valence-corrected chi connectivity index (χ0v) is 42.6. The topological polar surface area (TPSA) is 8.17 Å². The van der Waals surface area contributed by atoms with Crippen molar-refractivity contribution < 1.29 is 0 Å². The summed E-state index contributed by atoms with van der Waals surface area (Å²) in [5.41, 5.74) is 19.7. The largest absolute Gasteiger partial charge is 0.311 e. The van der Waals surface area contributed by atoms with Crippen LogP contribution in [0, 0.1) is 0 Å². The minimum atomic E-state index is -2.09. The van der Waals surface area contributed by atoms with Crippen molar-refractivity contribution in [1.29, 1.82) is 0 Å². The van der Waals surface area contributed by atoms with Gasteiger partial charge in [0.1, 0.15) is 0 Å². The number of hydrogen-bond donors (Lipinski definition) is 0. The fraction of sp³-hybridized carbons (Fsp3) is 0.0571. The number of aromatic nitrogens is 1. The molecule has 0 saturated carbocycles. The number of benzene rings is 11. The lowest BCUT2D eigenvalue weighted by molar-refractivity contribution is 0.590. The van der Waals surface area contributed by atoms with Crippen LogP contribution in [0.5, 0.6) is 0 Å². The first-order valence-electron chi connectivity index (χ1n) is 25.8. The second-order valence-electron chi connectivity index (χ2n) is 20.9. The lowest BCUT2D eigenvalue weighted by Gasteiger charge is -2.51. The molecule has 2 aliphatic heterocycles. The lowest BCUT2D eigenvalue weighted by Crippen LogP contribution is -2.61. The quantitative estimate of drug-likeness (QED) is 0.145. The van der Waals surface area contributed by atoms with E-state index in [9.17, 15) is 0 Å². The van der Waals surface area contributed by atoms with Crippen molar-refractivity contribution in [3.8, 4) is 39.1 Å². The molecule has 0 unspecified atom stereocenters. The fourth-order valence-corrected chi connectivity index (χ4v) is 16.5. The monoisotopic (exact) mass is 964 g/mol. The van der Waals surface area contributed by atoms with E-state index in [1.165, 1.54) is 108 Å². The normalized spacial score (nSPS) is 13.8. The molecule has 4 heteroatoms. The van der Waals surface area contributed by atoms with Crippen LogP contribution in [-0.4, -0.2) is 11.3 Å². The summed E-state index contributed by atoms with van der Waals surface area (Å²) in [6.45, 7) is 6.83. The molecule has 0 spiro atoms. The number of anilines is 3. The second kappa shape index (κ2) is 17.3. The Labute approximate surface area is 436 Å². The second-order valence-corrected chi connectivity index (χ2v) is 23.9. The summed E-state index contributed by atoms with van der Waals surface area (Å²) in [6.07, 6.45) is 0. The molecule has 0 fully saturated rings. The maximum Gasteiger partial charge on any atom is 0.249 e. The predicted molar refractivity (Wildman–Crippen MR) is 315 cm³/mol. The first-order chi connectivity index (χ1) is 36.3. The van der Waals surface area contributed by atoms with Gasteiger partial charge >= 0.3 is 0 Å². The van der Waals surface area contributed by atoms with Gasteiger partial charge in [-0.05, 0) is 151 Å². The summed E-state index contributed by atoms with van der Waals surface area (Å²) in [4.78, 5) is 8.03. The molecule has 0 saturated heterocycles. The van der Waals surface area contributed by atoms with E-state index in [0.29, 0.717) is 0 Å². The van der Waals surface area contributed by atoms with Crippen molar-refractivity contribution in [2.75, 3.05) is 4.90 Å². The standard InChI is InChI=1S/C70H53BN2S/c1-70(2,3)54-37-32-51(33-38-54)53-45-66-69-68(46-53)74(57-24-12-6-13-25-57,58-26-14-7-15-27-58)67-31-19-17-29-61(67)71(69)62-47-56(41-43-65(62)72(66)55-39-34-50(35-40-55)48-20-8-4-9-21-48)73-63-30-18-16-28-59(63)60-44-52(36-42-64(60)73)49-22-10-5-11-23-49/h4-47H,1-3H3. The Morgan fingerprint density at radius 2 is 0.878 bits per heavy atom. The van der Waals surface area contributed by atoms with Crippen LogP contribution in [0.15, 0.2) is 287 Å². The van der Waals surface area contributed by atoms with Gasteiger partial charge < -0.3 is 9.47 Å². The van der Waals surface area contributed by atoms with Crippen molar-refractivity contribution >= 4 is 72.0 Å². The maximum atomic E-state index is 2.59. The van der Waals surface area contributed by atoms with Gasteiger partial charge in [-0.2, -0.15) is 0 Å². The zero-order chi connectivity index (χ0) is 49.5. The summed E-state index contributed by atoms with van der Waals surface area (Å²) in [6, 6.07) is 101. The van der Waals surface area contributed by atoms with Crippen molar-refractivity contribution in [2.45, 2.75) is 45.8 Å². The van der Waals surface area contributed by atoms with Crippen LogP contribution in [0.3, 0.4) is 0 Å². The minimum absolute atomic E-state index is 0.0346. The zero-order valence-electron chi connectivity index (χ0n) is 41.8. The van der Waals surface area contributed by atoms with E-state index in [1.807, 2.05) is 0 Å². The Bertz CT molecular complexity index is 4050.